The second kappa shape index (κ2) is 5.72. The highest BCUT2D eigenvalue weighted by Gasteiger charge is 2.10. The molecular weight excluding hydrogens is 236 g/mol. The molecule has 0 heterocycles. The molecule has 0 aliphatic heterocycles. The summed E-state index contributed by atoms with van der Waals surface area (Å²) < 4.78 is 0. The highest BCUT2D eigenvalue weighted by atomic mass is 16.3. The largest absolute Gasteiger partial charge is 0.508 e. The Morgan fingerprint density at radius 1 is 1.11 bits per heavy atom. The molecule has 0 spiro atoms. The van der Waals surface area contributed by atoms with Crippen LogP contribution in [0.25, 0.3) is 11.1 Å². The molecule has 98 valence electrons. The maximum absolute atomic E-state index is 9.87. The highest BCUT2D eigenvalue weighted by molar-refractivity contribution is 5.65. The minimum Gasteiger partial charge on any atom is -0.508 e. The van der Waals surface area contributed by atoms with E-state index in [1.54, 1.807) is 13.0 Å². The van der Waals surface area contributed by atoms with Gasteiger partial charge in [-0.15, -0.1) is 0 Å². The number of phenolic OH excluding ortho intramolecular Hbond substituents is 1. The van der Waals surface area contributed by atoms with Crippen molar-refractivity contribution in [3.8, 4) is 16.9 Å². The fourth-order valence-electron chi connectivity index (χ4n) is 1.94. The van der Waals surface area contributed by atoms with Crippen LogP contribution in [0.4, 0.5) is 0 Å². The van der Waals surface area contributed by atoms with E-state index < -0.39 is 6.10 Å². The first-order chi connectivity index (χ1) is 9.08. The lowest BCUT2D eigenvalue weighted by Crippen LogP contribution is -2.11. The van der Waals surface area contributed by atoms with Gasteiger partial charge in [-0.2, -0.15) is 0 Å². The van der Waals surface area contributed by atoms with Crippen LogP contribution >= 0.6 is 0 Å². The van der Waals surface area contributed by atoms with Crippen molar-refractivity contribution >= 4 is 0 Å². The van der Waals surface area contributed by atoms with Gasteiger partial charge in [0.15, 0.2) is 0 Å². The Hall–Kier alpha value is -2.06. The summed E-state index contributed by atoms with van der Waals surface area (Å²) in [7, 11) is 0. The fraction of sp³-hybridized carbons (Fsp3) is 0.176. The van der Waals surface area contributed by atoms with Crippen LogP contribution in [0.3, 0.4) is 0 Å². The summed E-state index contributed by atoms with van der Waals surface area (Å²) in [6.07, 6.45) is -0.251. The van der Waals surface area contributed by atoms with Gasteiger partial charge in [0.2, 0.25) is 0 Å². The number of aliphatic hydroxyl groups excluding tert-OH is 1. The quantitative estimate of drug-likeness (QED) is 0.819. The van der Waals surface area contributed by atoms with Crippen molar-refractivity contribution in [2.24, 2.45) is 0 Å². The van der Waals surface area contributed by atoms with Crippen LogP contribution in [0, 0.1) is 0 Å². The molecule has 1 unspecified atom stereocenters. The normalized spacial score (nSPS) is 12.1. The van der Waals surface area contributed by atoms with E-state index in [2.05, 4.69) is 6.58 Å². The van der Waals surface area contributed by atoms with Crippen LogP contribution in [0.2, 0.25) is 0 Å². The van der Waals surface area contributed by atoms with Gasteiger partial charge in [0, 0.05) is 6.42 Å². The molecule has 2 nitrogen and oxygen atoms in total. The number of hydrogen-bond acceptors (Lipinski definition) is 2. The minimum absolute atomic E-state index is 0.208. The van der Waals surface area contributed by atoms with Crippen LogP contribution < -0.4 is 0 Å². The third kappa shape index (κ3) is 3.24. The van der Waals surface area contributed by atoms with E-state index in [9.17, 15) is 10.2 Å². The SMILES string of the molecule is C=C(C)C(O)Cc1cc(-c2ccccc2)ccc1O. The number of rotatable bonds is 4. The molecule has 0 aliphatic carbocycles. The van der Waals surface area contributed by atoms with E-state index in [4.69, 9.17) is 0 Å². The zero-order valence-electron chi connectivity index (χ0n) is 11.0. The minimum atomic E-state index is -0.628. The summed E-state index contributed by atoms with van der Waals surface area (Å²) >= 11 is 0. The van der Waals surface area contributed by atoms with E-state index in [0.717, 1.165) is 16.7 Å². The van der Waals surface area contributed by atoms with E-state index in [-0.39, 0.29) is 5.75 Å². The maximum Gasteiger partial charge on any atom is 0.118 e. The van der Waals surface area contributed by atoms with Gasteiger partial charge < -0.3 is 10.2 Å². The summed E-state index contributed by atoms with van der Waals surface area (Å²) in [5, 5.41) is 19.7. The van der Waals surface area contributed by atoms with Gasteiger partial charge in [-0.25, -0.2) is 0 Å². The summed E-state index contributed by atoms with van der Waals surface area (Å²) in [5.74, 6) is 0.208. The Kier molecular flexibility index (Phi) is 4.03. The van der Waals surface area contributed by atoms with Crippen molar-refractivity contribution in [2.45, 2.75) is 19.4 Å². The first kappa shape index (κ1) is 13.4. The molecule has 0 aromatic heterocycles. The van der Waals surface area contributed by atoms with Gasteiger partial charge in [-0.3, -0.25) is 0 Å². The lowest BCUT2D eigenvalue weighted by atomic mass is 9.98. The van der Waals surface area contributed by atoms with Crippen molar-refractivity contribution in [2.75, 3.05) is 0 Å². The maximum atomic E-state index is 9.87. The molecule has 0 amide bonds. The molecule has 0 aliphatic rings. The number of aromatic hydroxyl groups is 1. The van der Waals surface area contributed by atoms with Crippen molar-refractivity contribution in [3.63, 3.8) is 0 Å². The van der Waals surface area contributed by atoms with Crippen LogP contribution in [0.5, 0.6) is 5.75 Å². The van der Waals surface area contributed by atoms with E-state index in [1.807, 2.05) is 42.5 Å². The Morgan fingerprint density at radius 3 is 2.42 bits per heavy atom. The standard InChI is InChI=1S/C17H18O2/c1-12(2)17(19)11-15-10-14(8-9-16(15)18)13-6-4-3-5-7-13/h3-10,17-19H,1,11H2,2H3. The Bertz CT molecular complexity index is 573. The predicted molar refractivity (Wildman–Crippen MR) is 78.1 cm³/mol. The van der Waals surface area contributed by atoms with Gasteiger partial charge in [-0.1, -0.05) is 48.6 Å². The summed E-state index contributed by atoms with van der Waals surface area (Å²) in [4.78, 5) is 0. The number of hydrogen-bond donors (Lipinski definition) is 2. The Morgan fingerprint density at radius 2 is 1.79 bits per heavy atom. The van der Waals surface area contributed by atoms with Crippen molar-refractivity contribution in [1.82, 2.24) is 0 Å². The van der Waals surface area contributed by atoms with Crippen LogP contribution in [-0.2, 0) is 6.42 Å². The van der Waals surface area contributed by atoms with E-state index in [0.29, 0.717) is 12.0 Å². The van der Waals surface area contributed by atoms with Gasteiger partial charge in [0.25, 0.3) is 0 Å². The van der Waals surface area contributed by atoms with Crippen LogP contribution in [0.15, 0.2) is 60.7 Å². The smallest absolute Gasteiger partial charge is 0.118 e. The second-order valence-electron chi connectivity index (χ2n) is 4.78. The molecule has 19 heavy (non-hydrogen) atoms. The topological polar surface area (TPSA) is 40.5 Å². The molecule has 2 aromatic rings. The van der Waals surface area contributed by atoms with E-state index >= 15 is 0 Å². The van der Waals surface area contributed by atoms with Crippen LogP contribution in [-0.4, -0.2) is 16.3 Å². The zero-order chi connectivity index (χ0) is 13.8. The molecule has 0 radical (unpaired) electrons. The fourth-order valence-corrected chi connectivity index (χ4v) is 1.94. The molecule has 2 heteroatoms. The third-order valence-electron chi connectivity index (χ3n) is 3.17. The molecular formula is C17H18O2. The zero-order valence-corrected chi connectivity index (χ0v) is 11.0. The van der Waals surface area contributed by atoms with Crippen LogP contribution in [0.1, 0.15) is 12.5 Å². The lowest BCUT2D eigenvalue weighted by Gasteiger charge is -2.13. The summed E-state index contributed by atoms with van der Waals surface area (Å²) in [6.45, 7) is 5.51. The monoisotopic (exact) mass is 254 g/mol. The third-order valence-corrected chi connectivity index (χ3v) is 3.17. The predicted octanol–water partition coefficient (Wildman–Crippen LogP) is 3.54. The number of benzene rings is 2. The molecule has 0 bridgehead atoms. The molecule has 0 saturated carbocycles. The first-order valence-electron chi connectivity index (χ1n) is 6.28. The highest BCUT2D eigenvalue weighted by Crippen LogP contribution is 2.27. The Balaban J connectivity index is 2.32. The first-order valence-corrected chi connectivity index (χ1v) is 6.28. The molecule has 2 N–H and O–H groups in total. The van der Waals surface area contributed by atoms with Gasteiger partial charge in [0.1, 0.15) is 5.75 Å². The lowest BCUT2D eigenvalue weighted by molar-refractivity contribution is 0.210. The number of aliphatic hydroxyl groups is 1. The average molecular weight is 254 g/mol. The summed E-state index contributed by atoms with van der Waals surface area (Å²) in [5.41, 5.74) is 3.55. The molecule has 1 atom stereocenters. The summed E-state index contributed by atoms with van der Waals surface area (Å²) in [6, 6.07) is 15.4. The Labute approximate surface area is 113 Å². The molecule has 0 fully saturated rings. The van der Waals surface area contributed by atoms with Crippen molar-refractivity contribution < 1.29 is 10.2 Å². The number of phenols is 1. The van der Waals surface area contributed by atoms with Crippen molar-refractivity contribution in [1.29, 1.82) is 0 Å². The molecule has 2 rings (SSSR count). The van der Waals surface area contributed by atoms with Crippen molar-refractivity contribution in [3.05, 3.63) is 66.2 Å². The van der Waals surface area contributed by atoms with Gasteiger partial charge >= 0.3 is 0 Å². The van der Waals surface area contributed by atoms with E-state index in [1.165, 1.54) is 0 Å². The van der Waals surface area contributed by atoms with Gasteiger partial charge in [-0.05, 0) is 35.7 Å². The second-order valence-corrected chi connectivity index (χ2v) is 4.78. The van der Waals surface area contributed by atoms with Gasteiger partial charge in [0.05, 0.1) is 6.10 Å². The average Bonchev–Trinajstić information content (AvgIpc) is 2.42. The molecule has 2 aromatic carbocycles. The molecule has 0 saturated heterocycles.